The second-order valence-electron chi connectivity index (χ2n) is 4.63. The lowest BCUT2D eigenvalue weighted by Gasteiger charge is -2.16. The quantitative estimate of drug-likeness (QED) is 0.745. The van der Waals surface area contributed by atoms with Crippen molar-refractivity contribution in [2.45, 2.75) is 47.1 Å². The van der Waals surface area contributed by atoms with E-state index in [2.05, 4.69) is 41.4 Å². The zero-order valence-electron chi connectivity index (χ0n) is 12.1. The van der Waals surface area contributed by atoms with Gasteiger partial charge in [0, 0.05) is 24.8 Å². The van der Waals surface area contributed by atoms with Gasteiger partial charge in [-0.05, 0) is 19.4 Å². The highest BCUT2D eigenvalue weighted by molar-refractivity contribution is 5.42. The summed E-state index contributed by atoms with van der Waals surface area (Å²) in [5.41, 5.74) is 1.15. The predicted molar refractivity (Wildman–Crippen MR) is 76.7 cm³/mol. The average Bonchev–Trinajstić information content (AvgIpc) is 2.39. The molecule has 4 nitrogen and oxygen atoms in total. The lowest BCUT2D eigenvalue weighted by Crippen LogP contribution is -2.18. The third-order valence-electron chi connectivity index (χ3n) is 3.26. The Bertz CT molecular complexity index is 348. The molecule has 0 bridgehead atoms. The Morgan fingerprint density at radius 3 is 2.56 bits per heavy atom. The molecule has 0 atom stereocenters. The van der Waals surface area contributed by atoms with Crippen molar-refractivity contribution in [1.29, 1.82) is 0 Å². The van der Waals surface area contributed by atoms with E-state index < -0.39 is 0 Å². The van der Waals surface area contributed by atoms with Crippen LogP contribution in [0.3, 0.4) is 0 Å². The molecular formula is C14H26N4. The molecular weight excluding hydrogens is 224 g/mol. The van der Waals surface area contributed by atoms with E-state index in [1.165, 1.54) is 12.8 Å². The number of nitrogens with zero attached hydrogens (tertiary/aromatic N) is 2. The first-order chi connectivity index (χ1) is 8.71. The summed E-state index contributed by atoms with van der Waals surface area (Å²) in [4.78, 5) is 8.77. The van der Waals surface area contributed by atoms with Crippen LogP contribution in [-0.4, -0.2) is 23.1 Å². The Hall–Kier alpha value is -1.16. The summed E-state index contributed by atoms with van der Waals surface area (Å²) < 4.78 is 0. The molecule has 2 N–H and O–H groups in total. The zero-order chi connectivity index (χ0) is 13.4. The summed E-state index contributed by atoms with van der Waals surface area (Å²) >= 11 is 0. The maximum atomic E-state index is 4.50. The van der Waals surface area contributed by atoms with E-state index in [0.717, 1.165) is 36.8 Å². The van der Waals surface area contributed by atoms with Gasteiger partial charge in [0.05, 0.1) is 0 Å². The molecule has 0 spiro atoms. The summed E-state index contributed by atoms with van der Waals surface area (Å²) in [6.45, 7) is 11.3. The molecule has 0 radical (unpaired) electrons. The standard InChI is InChI=1S/C14H26N4/c1-5-12(6-2)8-17-14-13(9-15-7-3)10-16-11(4)18-14/h10,12,15H,5-9H2,1-4H3,(H,16,17,18). The van der Waals surface area contributed by atoms with Gasteiger partial charge in [0.2, 0.25) is 0 Å². The van der Waals surface area contributed by atoms with E-state index in [1.54, 1.807) is 0 Å². The number of rotatable bonds is 8. The van der Waals surface area contributed by atoms with Crippen LogP contribution in [0.4, 0.5) is 5.82 Å². The van der Waals surface area contributed by atoms with Crippen LogP contribution < -0.4 is 10.6 Å². The van der Waals surface area contributed by atoms with Crippen LogP contribution in [0, 0.1) is 12.8 Å². The largest absolute Gasteiger partial charge is 0.369 e. The fourth-order valence-electron chi connectivity index (χ4n) is 1.86. The topological polar surface area (TPSA) is 49.8 Å². The first-order valence-electron chi connectivity index (χ1n) is 6.98. The van der Waals surface area contributed by atoms with Crippen molar-refractivity contribution in [3.8, 4) is 0 Å². The third kappa shape index (κ3) is 4.61. The van der Waals surface area contributed by atoms with Crippen LogP contribution in [0.15, 0.2) is 6.20 Å². The highest BCUT2D eigenvalue weighted by atomic mass is 15.0. The first-order valence-corrected chi connectivity index (χ1v) is 6.98. The minimum absolute atomic E-state index is 0.715. The molecule has 0 unspecified atom stereocenters. The van der Waals surface area contributed by atoms with Crippen molar-refractivity contribution in [2.24, 2.45) is 5.92 Å². The molecule has 1 aromatic heterocycles. The van der Waals surface area contributed by atoms with Crippen molar-refractivity contribution in [1.82, 2.24) is 15.3 Å². The van der Waals surface area contributed by atoms with E-state index in [0.29, 0.717) is 5.92 Å². The van der Waals surface area contributed by atoms with Crippen molar-refractivity contribution in [3.63, 3.8) is 0 Å². The Balaban J connectivity index is 2.68. The smallest absolute Gasteiger partial charge is 0.134 e. The van der Waals surface area contributed by atoms with E-state index in [9.17, 15) is 0 Å². The van der Waals surface area contributed by atoms with E-state index in [-0.39, 0.29) is 0 Å². The predicted octanol–water partition coefficient (Wildman–Crippen LogP) is 2.74. The molecule has 1 aromatic rings. The number of aryl methyl sites for hydroxylation is 1. The molecule has 1 heterocycles. The van der Waals surface area contributed by atoms with Gasteiger partial charge >= 0.3 is 0 Å². The van der Waals surface area contributed by atoms with Crippen LogP contribution >= 0.6 is 0 Å². The van der Waals surface area contributed by atoms with Crippen molar-refractivity contribution >= 4 is 5.82 Å². The monoisotopic (exact) mass is 250 g/mol. The fourth-order valence-corrected chi connectivity index (χ4v) is 1.86. The van der Waals surface area contributed by atoms with Crippen molar-refractivity contribution in [3.05, 3.63) is 17.6 Å². The summed E-state index contributed by atoms with van der Waals surface area (Å²) in [5, 5.41) is 6.79. The molecule has 0 saturated carbocycles. The number of aromatic nitrogens is 2. The Morgan fingerprint density at radius 1 is 1.22 bits per heavy atom. The number of hydrogen-bond acceptors (Lipinski definition) is 4. The minimum atomic E-state index is 0.715. The maximum absolute atomic E-state index is 4.50. The minimum Gasteiger partial charge on any atom is -0.369 e. The molecule has 0 aliphatic rings. The van der Waals surface area contributed by atoms with E-state index in [1.807, 2.05) is 13.1 Å². The molecule has 0 aliphatic carbocycles. The van der Waals surface area contributed by atoms with Crippen molar-refractivity contribution < 1.29 is 0 Å². The summed E-state index contributed by atoms with van der Waals surface area (Å²) in [6.07, 6.45) is 4.33. The lowest BCUT2D eigenvalue weighted by atomic mass is 10.0. The number of hydrogen-bond donors (Lipinski definition) is 2. The lowest BCUT2D eigenvalue weighted by molar-refractivity contribution is 0.518. The first kappa shape index (κ1) is 14.9. The van der Waals surface area contributed by atoms with Gasteiger partial charge < -0.3 is 10.6 Å². The van der Waals surface area contributed by atoms with Gasteiger partial charge in [-0.2, -0.15) is 0 Å². The van der Waals surface area contributed by atoms with E-state index >= 15 is 0 Å². The van der Waals surface area contributed by atoms with Gasteiger partial charge in [-0.15, -0.1) is 0 Å². The van der Waals surface area contributed by atoms with Crippen LogP contribution in [0.2, 0.25) is 0 Å². The number of nitrogens with one attached hydrogen (secondary N) is 2. The molecule has 102 valence electrons. The fraction of sp³-hybridized carbons (Fsp3) is 0.714. The van der Waals surface area contributed by atoms with Crippen molar-refractivity contribution in [2.75, 3.05) is 18.4 Å². The zero-order valence-corrected chi connectivity index (χ0v) is 12.1. The van der Waals surface area contributed by atoms with Gasteiger partial charge in [0.15, 0.2) is 0 Å². The normalized spacial score (nSPS) is 10.9. The molecule has 1 rings (SSSR count). The summed E-state index contributed by atoms with van der Waals surface area (Å²) in [6, 6.07) is 0. The second-order valence-corrected chi connectivity index (χ2v) is 4.63. The van der Waals surface area contributed by atoms with E-state index in [4.69, 9.17) is 0 Å². The van der Waals surface area contributed by atoms with Crippen LogP contribution in [0.5, 0.6) is 0 Å². The highest BCUT2D eigenvalue weighted by Gasteiger charge is 2.08. The molecule has 0 aliphatic heterocycles. The average molecular weight is 250 g/mol. The Morgan fingerprint density at radius 2 is 1.94 bits per heavy atom. The maximum Gasteiger partial charge on any atom is 0.134 e. The van der Waals surface area contributed by atoms with Gasteiger partial charge in [0.25, 0.3) is 0 Å². The molecule has 0 saturated heterocycles. The Kier molecular flexibility index (Phi) is 6.65. The van der Waals surface area contributed by atoms with Crippen LogP contribution in [0.25, 0.3) is 0 Å². The molecule has 0 amide bonds. The molecule has 0 aromatic carbocycles. The molecule has 0 fully saturated rings. The van der Waals surface area contributed by atoms with Gasteiger partial charge in [-0.3, -0.25) is 0 Å². The summed E-state index contributed by atoms with van der Waals surface area (Å²) in [5.74, 6) is 2.52. The molecule has 18 heavy (non-hydrogen) atoms. The SMILES string of the molecule is CCNCc1cnc(C)nc1NCC(CC)CC. The van der Waals surface area contributed by atoms with Crippen LogP contribution in [-0.2, 0) is 6.54 Å². The van der Waals surface area contributed by atoms with Gasteiger partial charge in [0.1, 0.15) is 11.6 Å². The number of anilines is 1. The summed E-state index contributed by atoms with van der Waals surface area (Å²) in [7, 11) is 0. The van der Waals surface area contributed by atoms with Crippen LogP contribution in [0.1, 0.15) is 45.0 Å². The van der Waals surface area contributed by atoms with Gasteiger partial charge in [-0.1, -0.05) is 33.6 Å². The van der Waals surface area contributed by atoms with Gasteiger partial charge in [-0.25, -0.2) is 9.97 Å². The Labute approximate surface area is 111 Å². The third-order valence-corrected chi connectivity index (χ3v) is 3.26. The highest BCUT2D eigenvalue weighted by Crippen LogP contribution is 2.14. The second kappa shape index (κ2) is 8.03. The molecule has 4 heteroatoms.